The number of carboxylic acid groups (broad SMARTS) is 1. The van der Waals surface area contributed by atoms with Gasteiger partial charge < -0.3 is 9.84 Å². The molecule has 3 rings (SSSR count). The summed E-state index contributed by atoms with van der Waals surface area (Å²) in [4.78, 5) is 17.1. The zero-order valence-electron chi connectivity index (χ0n) is 15.9. The monoisotopic (exact) mass is 381 g/mol. The van der Waals surface area contributed by atoms with Crippen LogP contribution in [0.5, 0.6) is 5.75 Å². The fourth-order valence-electron chi connectivity index (χ4n) is 3.28. The Bertz CT molecular complexity index is 977. The van der Waals surface area contributed by atoms with Gasteiger partial charge in [0.15, 0.2) is 0 Å². The van der Waals surface area contributed by atoms with E-state index in [4.69, 9.17) is 4.74 Å². The van der Waals surface area contributed by atoms with Crippen LogP contribution in [0.3, 0.4) is 0 Å². The van der Waals surface area contributed by atoms with E-state index in [1.807, 2.05) is 31.2 Å². The summed E-state index contributed by atoms with van der Waals surface area (Å²) in [5.74, 6) is -0.517. The molecule has 140 valence electrons. The zero-order chi connectivity index (χ0) is 19.6. The molecule has 2 aromatic carbocycles. The van der Waals surface area contributed by atoms with Gasteiger partial charge in [-0.05, 0) is 55.2 Å². The largest absolute Gasteiger partial charge is 0.496 e. The van der Waals surface area contributed by atoms with Gasteiger partial charge in [0.05, 0.1) is 19.4 Å². The van der Waals surface area contributed by atoms with Crippen LogP contribution >= 0.6 is 11.3 Å². The van der Waals surface area contributed by atoms with E-state index in [-0.39, 0.29) is 12.3 Å². The second kappa shape index (κ2) is 7.92. The van der Waals surface area contributed by atoms with Gasteiger partial charge in [-0.2, -0.15) is 0 Å². The van der Waals surface area contributed by atoms with Crippen molar-refractivity contribution in [2.24, 2.45) is 0 Å². The molecule has 1 atom stereocenters. The third-order valence-corrected chi connectivity index (χ3v) is 5.86. The topological polar surface area (TPSA) is 59.4 Å². The molecule has 1 heterocycles. The lowest BCUT2D eigenvalue weighted by Crippen LogP contribution is -2.09. The van der Waals surface area contributed by atoms with E-state index in [2.05, 4.69) is 31.0 Å². The number of hydrogen-bond acceptors (Lipinski definition) is 4. The van der Waals surface area contributed by atoms with Crippen LogP contribution in [0, 0.1) is 20.8 Å². The molecule has 4 nitrogen and oxygen atoms in total. The minimum Gasteiger partial charge on any atom is -0.496 e. The summed E-state index contributed by atoms with van der Waals surface area (Å²) in [6, 6.07) is 12.2. The van der Waals surface area contributed by atoms with E-state index in [0.29, 0.717) is 5.75 Å². The quantitative estimate of drug-likeness (QED) is 0.625. The van der Waals surface area contributed by atoms with Gasteiger partial charge in [-0.1, -0.05) is 24.3 Å². The summed E-state index contributed by atoms with van der Waals surface area (Å²) in [5.41, 5.74) is 5.49. The number of rotatable bonds is 6. The van der Waals surface area contributed by atoms with Gasteiger partial charge in [0.1, 0.15) is 10.8 Å². The lowest BCUT2D eigenvalue weighted by atomic mass is 9.90. The fraction of sp³-hybridized carbons (Fsp3) is 0.273. The van der Waals surface area contributed by atoms with Crippen LogP contribution in [-0.4, -0.2) is 23.2 Å². The predicted octanol–water partition coefficient (Wildman–Crippen LogP) is 5.35. The molecule has 5 heteroatoms. The third kappa shape index (κ3) is 4.03. The highest BCUT2D eigenvalue weighted by Gasteiger charge is 2.25. The number of carbonyl (C=O) groups is 1. The van der Waals surface area contributed by atoms with Crippen LogP contribution in [0.15, 0.2) is 42.6 Å². The number of nitrogens with zero attached hydrogens (tertiary/aromatic N) is 1. The molecule has 0 radical (unpaired) electrons. The maximum absolute atomic E-state index is 11.6. The molecule has 0 aliphatic rings. The molecule has 0 amide bonds. The number of hydrogen-bond donors (Lipinski definition) is 1. The summed E-state index contributed by atoms with van der Waals surface area (Å²) < 4.78 is 5.56. The number of aromatic nitrogens is 1. The van der Waals surface area contributed by atoms with Gasteiger partial charge in [-0.15, -0.1) is 11.3 Å². The Kier molecular flexibility index (Phi) is 5.61. The molecule has 3 aromatic rings. The van der Waals surface area contributed by atoms with E-state index >= 15 is 0 Å². The first-order chi connectivity index (χ1) is 12.9. The first-order valence-corrected chi connectivity index (χ1v) is 9.61. The molecule has 1 unspecified atom stereocenters. The highest BCUT2D eigenvalue weighted by Crippen LogP contribution is 2.39. The highest BCUT2D eigenvalue weighted by atomic mass is 32.1. The van der Waals surface area contributed by atoms with Crippen molar-refractivity contribution in [1.29, 1.82) is 0 Å². The Morgan fingerprint density at radius 1 is 1.22 bits per heavy atom. The second-order valence-corrected chi connectivity index (χ2v) is 7.93. The number of thiazole rings is 1. The molecule has 1 N–H and O–H groups in total. The molecule has 27 heavy (non-hydrogen) atoms. The fourth-order valence-corrected chi connectivity index (χ4v) is 4.17. The summed E-state index contributed by atoms with van der Waals surface area (Å²) in [6.07, 6.45) is 1.76. The van der Waals surface area contributed by atoms with Crippen LogP contribution < -0.4 is 4.74 Å². The van der Waals surface area contributed by atoms with E-state index in [1.54, 1.807) is 13.3 Å². The van der Waals surface area contributed by atoms with Gasteiger partial charge in [0.2, 0.25) is 0 Å². The van der Waals surface area contributed by atoms with Gasteiger partial charge in [-0.3, -0.25) is 4.79 Å². The summed E-state index contributed by atoms with van der Waals surface area (Å²) in [5, 5.41) is 10.3. The number of benzene rings is 2. The first kappa shape index (κ1) is 19.1. The molecule has 0 spiro atoms. The van der Waals surface area contributed by atoms with E-state index in [0.717, 1.165) is 26.6 Å². The van der Waals surface area contributed by atoms with Crippen molar-refractivity contribution in [2.45, 2.75) is 33.1 Å². The Hall–Kier alpha value is -2.66. The maximum Gasteiger partial charge on any atom is 0.304 e. The average molecular weight is 381 g/mol. The molecule has 0 saturated heterocycles. The van der Waals surface area contributed by atoms with Crippen molar-refractivity contribution in [1.82, 2.24) is 4.98 Å². The van der Waals surface area contributed by atoms with Crippen molar-refractivity contribution >= 4 is 17.3 Å². The highest BCUT2D eigenvalue weighted by molar-refractivity contribution is 7.11. The zero-order valence-corrected chi connectivity index (χ0v) is 16.8. The molecule has 0 bridgehead atoms. The minimum absolute atomic E-state index is 0.0282. The Morgan fingerprint density at radius 3 is 2.63 bits per heavy atom. The van der Waals surface area contributed by atoms with Gasteiger partial charge in [-0.25, -0.2) is 4.98 Å². The van der Waals surface area contributed by atoms with Crippen LogP contribution in [0.25, 0.3) is 11.1 Å². The number of carboxylic acids is 1. The number of ether oxygens (including phenoxy) is 1. The standard InChI is InChI=1S/C22H23NO3S/c1-13-6-5-7-17(15(13)3)16-8-9-20(26-4)18(10-16)19(11-21(24)25)22-23-12-14(2)27-22/h5-10,12,19H,11H2,1-4H3,(H,24,25). The predicted molar refractivity (Wildman–Crippen MR) is 109 cm³/mol. The van der Waals surface area contributed by atoms with Crippen molar-refractivity contribution in [2.75, 3.05) is 7.11 Å². The average Bonchev–Trinajstić information content (AvgIpc) is 3.07. The number of methoxy groups -OCH3 is 1. The van der Waals surface area contributed by atoms with Crippen molar-refractivity contribution < 1.29 is 14.6 Å². The van der Waals surface area contributed by atoms with Crippen LogP contribution in [0.2, 0.25) is 0 Å². The van der Waals surface area contributed by atoms with E-state index in [9.17, 15) is 9.90 Å². The summed E-state index contributed by atoms with van der Waals surface area (Å²) in [7, 11) is 1.61. The van der Waals surface area contributed by atoms with Gasteiger partial charge >= 0.3 is 5.97 Å². The molecule has 0 fully saturated rings. The smallest absolute Gasteiger partial charge is 0.304 e. The van der Waals surface area contributed by atoms with Gasteiger partial charge in [0.25, 0.3) is 0 Å². The normalized spacial score (nSPS) is 12.0. The second-order valence-electron chi connectivity index (χ2n) is 6.66. The molecule has 0 aliphatic carbocycles. The van der Waals surface area contributed by atoms with Crippen LogP contribution in [0.4, 0.5) is 0 Å². The van der Waals surface area contributed by atoms with Crippen molar-refractivity contribution in [3.8, 4) is 16.9 Å². The van der Waals surface area contributed by atoms with E-state index < -0.39 is 5.97 Å². The number of aliphatic carboxylic acids is 1. The Balaban J connectivity index is 2.16. The minimum atomic E-state index is -0.855. The van der Waals surface area contributed by atoms with E-state index in [1.165, 1.54) is 22.5 Å². The Labute approximate surface area is 163 Å². The van der Waals surface area contributed by atoms with Gasteiger partial charge in [0, 0.05) is 16.6 Å². The first-order valence-electron chi connectivity index (χ1n) is 8.79. The summed E-state index contributed by atoms with van der Waals surface area (Å²) >= 11 is 1.53. The maximum atomic E-state index is 11.6. The molecule has 0 saturated carbocycles. The molecular weight excluding hydrogens is 358 g/mol. The Morgan fingerprint density at radius 2 is 2.00 bits per heavy atom. The SMILES string of the molecule is COc1ccc(-c2cccc(C)c2C)cc1C(CC(=O)O)c1ncc(C)s1. The lowest BCUT2D eigenvalue weighted by molar-refractivity contribution is -0.137. The lowest BCUT2D eigenvalue weighted by Gasteiger charge is -2.19. The number of aryl methyl sites for hydroxylation is 2. The van der Waals surface area contributed by atoms with Crippen LogP contribution in [-0.2, 0) is 4.79 Å². The van der Waals surface area contributed by atoms with Crippen LogP contribution in [0.1, 0.15) is 38.9 Å². The molecule has 1 aromatic heterocycles. The molecule has 0 aliphatic heterocycles. The van der Waals surface area contributed by atoms with Crippen molar-refractivity contribution in [3.63, 3.8) is 0 Å². The molecular formula is C22H23NO3S. The summed E-state index contributed by atoms with van der Waals surface area (Å²) in [6.45, 7) is 6.17. The van der Waals surface area contributed by atoms with Crippen molar-refractivity contribution in [3.05, 3.63) is 69.2 Å². The third-order valence-electron chi connectivity index (χ3n) is 4.84.